The minimum absolute atomic E-state index is 0.0111. The number of carbonyl (C=O) groups excluding carboxylic acids is 1. The highest BCUT2D eigenvalue weighted by molar-refractivity contribution is 8.21. The molecule has 0 amide bonds. The molecule has 3 aliphatic heterocycles. The molecule has 0 saturated carbocycles. The predicted octanol–water partition coefficient (Wildman–Crippen LogP) is 4.42. The third kappa shape index (κ3) is 2.37. The van der Waals surface area contributed by atoms with E-state index in [2.05, 4.69) is 36.1 Å². The Labute approximate surface area is 147 Å². The Morgan fingerprint density at radius 2 is 2.04 bits per heavy atom. The lowest BCUT2D eigenvalue weighted by Crippen LogP contribution is -2.46. The van der Waals surface area contributed by atoms with Gasteiger partial charge in [0, 0.05) is 35.7 Å². The van der Waals surface area contributed by atoms with E-state index in [1.54, 1.807) is 6.92 Å². The highest BCUT2D eigenvalue weighted by Crippen LogP contribution is 2.59. The number of nitrogens with zero attached hydrogens (tertiary/aromatic N) is 1. The van der Waals surface area contributed by atoms with Crippen molar-refractivity contribution in [1.82, 2.24) is 4.90 Å². The summed E-state index contributed by atoms with van der Waals surface area (Å²) >= 11 is 4.02. The van der Waals surface area contributed by atoms with Gasteiger partial charge in [0.1, 0.15) is 0 Å². The highest BCUT2D eigenvalue weighted by Gasteiger charge is 2.50. The van der Waals surface area contributed by atoms with E-state index in [0.29, 0.717) is 6.04 Å². The molecule has 2 nitrogen and oxygen atoms in total. The lowest BCUT2D eigenvalue weighted by Gasteiger charge is -2.50. The molecule has 0 aliphatic carbocycles. The molecule has 4 rings (SSSR count). The van der Waals surface area contributed by atoms with Crippen LogP contribution < -0.4 is 0 Å². The number of thioether (sulfide) groups is 2. The molecule has 0 radical (unpaired) electrons. The first kappa shape index (κ1) is 15.6. The molecule has 3 aliphatic rings. The summed E-state index contributed by atoms with van der Waals surface area (Å²) in [5.41, 5.74) is 5.41. The summed E-state index contributed by atoms with van der Waals surface area (Å²) < 4.78 is -0.0111. The molecule has 1 spiro atoms. The minimum Gasteiger partial charge on any atom is -0.367 e. The van der Waals surface area contributed by atoms with Gasteiger partial charge < -0.3 is 4.90 Å². The molecule has 1 atom stereocenters. The first-order valence-corrected chi connectivity index (χ1v) is 10.5. The maximum atomic E-state index is 12.5. The van der Waals surface area contributed by atoms with Gasteiger partial charge in [-0.15, -0.1) is 23.5 Å². The normalized spacial score (nSPS) is 25.5. The Hall–Kier alpha value is -0.870. The van der Waals surface area contributed by atoms with Crippen LogP contribution in [0, 0.1) is 0 Å². The van der Waals surface area contributed by atoms with Crippen molar-refractivity contribution in [3.63, 3.8) is 0 Å². The smallest absolute Gasteiger partial charge is 0.159 e. The molecular formula is C19H23NOS2. The second-order valence-electron chi connectivity index (χ2n) is 6.54. The van der Waals surface area contributed by atoms with Crippen LogP contribution in [0.1, 0.15) is 43.9 Å². The van der Waals surface area contributed by atoms with Crippen molar-refractivity contribution in [2.45, 2.75) is 43.2 Å². The van der Waals surface area contributed by atoms with Crippen LogP contribution in [0.3, 0.4) is 0 Å². The summed E-state index contributed by atoms with van der Waals surface area (Å²) in [7, 11) is 0. The van der Waals surface area contributed by atoms with Crippen molar-refractivity contribution < 1.29 is 4.79 Å². The van der Waals surface area contributed by atoms with Gasteiger partial charge in [0.15, 0.2) is 5.78 Å². The van der Waals surface area contributed by atoms with Crippen molar-refractivity contribution in [3.05, 3.63) is 46.7 Å². The van der Waals surface area contributed by atoms with Gasteiger partial charge >= 0.3 is 0 Å². The number of fused-ring (bicyclic) bond motifs is 3. The lowest BCUT2D eigenvalue weighted by atomic mass is 9.83. The summed E-state index contributed by atoms with van der Waals surface area (Å²) in [6.45, 7) is 5.02. The Bertz CT molecular complexity index is 676. The molecule has 1 aromatic carbocycles. The van der Waals surface area contributed by atoms with Crippen LogP contribution in [-0.4, -0.2) is 32.8 Å². The fraction of sp³-hybridized carbons (Fsp3) is 0.526. The van der Waals surface area contributed by atoms with Crippen molar-refractivity contribution >= 4 is 29.3 Å². The maximum absolute atomic E-state index is 12.5. The van der Waals surface area contributed by atoms with Gasteiger partial charge in [0.05, 0.1) is 10.1 Å². The average molecular weight is 346 g/mol. The summed E-state index contributed by atoms with van der Waals surface area (Å²) in [5, 5.41) is 0. The van der Waals surface area contributed by atoms with Gasteiger partial charge in [0.2, 0.25) is 0 Å². The summed E-state index contributed by atoms with van der Waals surface area (Å²) in [5.74, 6) is 2.60. The van der Waals surface area contributed by atoms with Crippen LogP contribution in [0.5, 0.6) is 0 Å². The number of benzene rings is 1. The molecule has 0 aromatic heterocycles. The van der Waals surface area contributed by atoms with Gasteiger partial charge in [0.25, 0.3) is 0 Å². The SMILES string of the molecule is CCC1=C(C(C)=O)C2(CC3c4ccccc4CCN13)SCCS2. The van der Waals surface area contributed by atoms with Gasteiger partial charge in [-0.2, -0.15) is 0 Å². The van der Waals surface area contributed by atoms with Gasteiger partial charge in [-0.1, -0.05) is 31.2 Å². The predicted molar refractivity (Wildman–Crippen MR) is 99.9 cm³/mol. The zero-order valence-electron chi connectivity index (χ0n) is 13.8. The standard InChI is InChI=1S/C19H23NOS2/c1-3-16-18(13(2)21)19(22-10-11-23-19)12-17-15-7-5-4-6-14(15)8-9-20(16)17/h4-7,17H,3,8-12H2,1-2H3. The fourth-order valence-electron chi connectivity index (χ4n) is 4.48. The van der Waals surface area contributed by atoms with E-state index >= 15 is 0 Å². The highest BCUT2D eigenvalue weighted by atomic mass is 32.2. The van der Waals surface area contributed by atoms with Crippen molar-refractivity contribution in [3.8, 4) is 0 Å². The molecular weight excluding hydrogens is 322 g/mol. The lowest BCUT2D eigenvalue weighted by molar-refractivity contribution is -0.114. The molecule has 0 bridgehead atoms. The Morgan fingerprint density at radius 3 is 2.74 bits per heavy atom. The molecule has 3 heterocycles. The second-order valence-corrected chi connectivity index (χ2v) is 9.59. The van der Waals surface area contributed by atoms with E-state index < -0.39 is 0 Å². The van der Waals surface area contributed by atoms with Crippen molar-refractivity contribution in [1.29, 1.82) is 0 Å². The third-order valence-electron chi connectivity index (χ3n) is 5.33. The van der Waals surface area contributed by atoms with Gasteiger partial charge in [-0.3, -0.25) is 4.79 Å². The van der Waals surface area contributed by atoms with Crippen LogP contribution in [0.2, 0.25) is 0 Å². The fourth-order valence-corrected chi connectivity index (χ4v) is 8.01. The van der Waals surface area contributed by atoms with Crippen LogP contribution in [0.25, 0.3) is 0 Å². The van der Waals surface area contributed by atoms with Crippen LogP contribution in [-0.2, 0) is 11.2 Å². The maximum Gasteiger partial charge on any atom is 0.159 e. The topological polar surface area (TPSA) is 20.3 Å². The zero-order valence-corrected chi connectivity index (χ0v) is 15.4. The second kappa shape index (κ2) is 5.89. The molecule has 1 unspecified atom stereocenters. The largest absolute Gasteiger partial charge is 0.367 e. The van der Waals surface area contributed by atoms with Crippen LogP contribution in [0.15, 0.2) is 35.5 Å². The van der Waals surface area contributed by atoms with Gasteiger partial charge in [-0.25, -0.2) is 0 Å². The number of Topliss-reactive ketones (excluding diaryl/α,β-unsaturated/α-hetero) is 1. The number of ketones is 1. The van der Waals surface area contributed by atoms with E-state index in [1.807, 2.05) is 23.5 Å². The third-order valence-corrected chi connectivity index (χ3v) is 8.79. The summed E-state index contributed by atoms with van der Waals surface area (Å²) in [6, 6.07) is 9.35. The quantitative estimate of drug-likeness (QED) is 0.790. The van der Waals surface area contributed by atoms with Gasteiger partial charge in [-0.05, 0) is 30.9 Å². The van der Waals surface area contributed by atoms with E-state index in [-0.39, 0.29) is 9.86 Å². The first-order valence-electron chi connectivity index (χ1n) is 8.53. The van der Waals surface area contributed by atoms with E-state index in [1.165, 1.54) is 16.8 Å². The van der Waals surface area contributed by atoms with Crippen molar-refractivity contribution in [2.24, 2.45) is 0 Å². The minimum atomic E-state index is -0.0111. The monoisotopic (exact) mass is 345 g/mol. The Morgan fingerprint density at radius 1 is 1.30 bits per heavy atom. The summed E-state index contributed by atoms with van der Waals surface area (Å²) in [4.78, 5) is 15.1. The Kier molecular flexibility index (Phi) is 4.01. The zero-order chi connectivity index (χ0) is 16.0. The van der Waals surface area contributed by atoms with Crippen LogP contribution in [0.4, 0.5) is 0 Å². The Balaban J connectivity index is 1.88. The van der Waals surface area contributed by atoms with Crippen LogP contribution >= 0.6 is 23.5 Å². The van der Waals surface area contributed by atoms with E-state index in [4.69, 9.17) is 0 Å². The summed E-state index contributed by atoms with van der Waals surface area (Å²) in [6.07, 6.45) is 3.11. The molecule has 23 heavy (non-hydrogen) atoms. The van der Waals surface area contributed by atoms with Crippen molar-refractivity contribution in [2.75, 3.05) is 18.1 Å². The first-order chi connectivity index (χ1) is 11.2. The molecule has 1 saturated heterocycles. The average Bonchev–Trinajstić information content (AvgIpc) is 3.01. The number of allylic oxidation sites excluding steroid dienone is 1. The number of rotatable bonds is 2. The number of carbonyl (C=O) groups is 1. The number of hydrogen-bond donors (Lipinski definition) is 0. The molecule has 1 fully saturated rings. The molecule has 122 valence electrons. The molecule has 0 N–H and O–H groups in total. The van der Waals surface area contributed by atoms with E-state index in [0.717, 1.165) is 42.9 Å². The molecule has 1 aromatic rings. The number of hydrogen-bond acceptors (Lipinski definition) is 4. The van der Waals surface area contributed by atoms with E-state index in [9.17, 15) is 4.79 Å². The molecule has 4 heteroatoms.